The van der Waals surface area contributed by atoms with Gasteiger partial charge >= 0.3 is 5.97 Å². The SMILES string of the molecule is CC1(C)CCC(CC(=O)NC(CCOC(C)(C)C)C(=O)O)CC1. The van der Waals surface area contributed by atoms with E-state index in [9.17, 15) is 14.7 Å². The van der Waals surface area contributed by atoms with Crippen LogP contribution in [0.1, 0.15) is 73.1 Å². The normalized spacial score (nSPS) is 20.0. The van der Waals surface area contributed by atoms with Crippen molar-refractivity contribution in [1.29, 1.82) is 0 Å². The first-order valence-corrected chi connectivity index (χ1v) is 8.65. The molecule has 0 bridgehead atoms. The molecule has 1 atom stereocenters. The lowest BCUT2D eigenvalue weighted by molar-refractivity contribution is -0.143. The van der Waals surface area contributed by atoms with Gasteiger partial charge in [0, 0.05) is 19.4 Å². The molecule has 0 aliphatic heterocycles. The van der Waals surface area contributed by atoms with Gasteiger partial charge in [0.25, 0.3) is 0 Å². The van der Waals surface area contributed by atoms with Gasteiger partial charge in [-0.25, -0.2) is 4.79 Å². The fraction of sp³-hybridized carbons (Fsp3) is 0.889. The Morgan fingerprint density at radius 2 is 1.83 bits per heavy atom. The lowest BCUT2D eigenvalue weighted by Gasteiger charge is -2.34. The monoisotopic (exact) mass is 327 g/mol. The molecule has 5 nitrogen and oxygen atoms in total. The minimum atomic E-state index is -0.999. The molecule has 0 aromatic heterocycles. The number of hydrogen-bond donors (Lipinski definition) is 2. The van der Waals surface area contributed by atoms with E-state index in [0.29, 0.717) is 24.4 Å². The van der Waals surface area contributed by atoms with Crippen LogP contribution in [0.4, 0.5) is 0 Å². The highest BCUT2D eigenvalue weighted by atomic mass is 16.5. The standard InChI is InChI=1S/C18H33NO4/c1-17(2,3)23-11-8-14(16(21)22)19-15(20)12-13-6-9-18(4,5)10-7-13/h13-14H,6-12H2,1-5H3,(H,19,20)(H,21,22). The average molecular weight is 327 g/mol. The van der Waals surface area contributed by atoms with E-state index in [1.54, 1.807) is 0 Å². The molecule has 1 unspecified atom stereocenters. The van der Waals surface area contributed by atoms with E-state index < -0.39 is 12.0 Å². The average Bonchev–Trinajstić information content (AvgIpc) is 2.38. The Labute approximate surface area is 140 Å². The van der Waals surface area contributed by atoms with Gasteiger partial charge in [-0.15, -0.1) is 0 Å². The van der Waals surface area contributed by atoms with Gasteiger partial charge in [-0.3, -0.25) is 4.79 Å². The number of ether oxygens (including phenoxy) is 1. The van der Waals surface area contributed by atoms with Crippen LogP contribution < -0.4 is 5.32 Å². The van der Waals surface area contributed by atoms with Crippen molar-refractivity contribution < 1.29 is 19.4 Å². The van der Waals surface area contributed by atoms with Crippen LogP contribution in [0, 0.1) is 11.3 Å². The Hall–Kier alpha value is -1.10. The maximum absolute atomic E-state index is 12.1. The summed E-state index contributed by atoms with van der Waals surface area (Å²) in [5.74, 6) is -0.776. The molecule has 1 rings (SSSR count). The summed E-state index contributed by atoms with van der Waals surface area (Å²) in [7, 11) is 0. The maximum atomic E-state index is 12.1. The van der Waals surface area contributed by atoms with Gasteiger partial charge in [0.2, 0.25) is 5.91 Å². The first kappa shape index (κ1) is 19.9. The lowest BCUT2D eigenvalue weighted by atomic mass is 9.72. The summed E-state index contributed by atoms with van der Waals surface area (Å²) in [4.78, 5) is 23.4. The molecule has 0 aromatic carbocycles. The maximum Gasteiger partial charge on any atom is 0.326 e. The van der Waals surface area contributed by atoms with Crippen molar-refractivity contribution in [3.63, 3.8) is 0 Å². The summed E-state index contributed by atoms with van der Waals surface area (Å²) in [5, 5.41) is 11.9. The largest absolute Gasteiger partial charge is 0.480 e. The van der Waals surface area contributed by atoms with Gasteiger partial charge in [0.15, 0.2) is 0 Å². The van der Waals surface area contributed by atoms with Crippen molar-refractivity contribution in [2.75, 3.05) is 6.61 Å². The molecule has 5 heteroatoms. The highest BCUT2D eigenvalue weighted by Crippen LogP contribution is 2.39. The second-order valence-electron chi connectivity index (χ2n) is 8.52. The van der Waals surface area contributed by atoms with Crippen LogP contribution in [0.3, 0.4) is 0 Å². The minimum absolute atomic E-state index is 0.155. The zero-order chi connectivity index (χ0) is 17.7. The smallest absolute Gasteiger partial charge is 0.326 e. The van der Waals surface area contributed by atoms with Gasteiger partial charge in [-0.2, -0.15) is 0 Å². The molecule has 23 heavy (non-hydrogen) atoms. The van der Waals surface area contributed by atoms with Gasteiger partial charge in [0.1, 0.15) is 6.04 Å². The number of carboxylic acids is 1. The number of rotatable bonds is 7. The zero-order valence-corrected chi connectivity index (χ0v) is 15.3. The summed E-state index contributed by atoms with van der Waals surface area (Å²) < 4.78 is 5.55. The summed E-state index contributed by atoms with van der Waals surface area (Å²) in [6.45, 7) is 10.6. The third-order valence-electron chi connectivity index (χ3n) is 4.51. The van der Waals surface area contributed by atoms with Gasteiger partial charge < -0.3 is 15.2 Å². The van der Waals surface area contributed by atoms with Crippen LogP contribution in [0.25, 0.3) is 0 Å². The topological polar surface area (TPSA) is 75.6 Å². The fourth-order valence-electron chi connectivity index (χ4n) is 2.92. The Morgan fingerprint density at radius 1 is 1.26 bits per heavy atom. The quantitative estimate of drug-likeness (QED) is 0.752. The fourth-order valence-corrected chi connectivity index (χ4v) is 2.92. The van der Waals surface area contributed by atoms with E-state index in [1.165, 1.54) is 0 Å². The van der Waals surface area contributed by atoms with Crippen LogP contribution in [-0.4, -0.2) is 35.2 Å². The Balaban J connectivity index is 2.38. The molecule has 1 aliphatic carbocycles. The molecule has 1 fully saturated rings. The van der Waals surface area contributed by atoms with Gasteiger partial charge in [0.05, 0.1) is 5.60 Å². The Bertz CT molecular complexity index is 402. The van der Waals surface area contributed by atoms with Crippen LogP contribution in [0.15, 0.2) is 0 Å². The van der Waals surface area contributed by atoms with E-state index in [1.807, 2.05) is 20.8 Å². The van der Waals surface area contributed by atoms with Crippen molar-refractivity contribution in [2.24, 2.45) is 11.3 Å². The van der Waals surface area contributed by atoms with Crippen LogP contribution in [0.2, 0.25) is 0 Å². The van der Waals surface area contributed by atoms with E-state index in [-0.39, 0.29) is 17.9 Å². The van der Waals surface area contributed by atoms with Gasteiger partial charge in [-0.1, -0.05) is 13.8 Å². The molecule has 1 amide bonds. The third-order valence-corrected chi connectivity index (χ3v) is 4.51. The van der Waals surface area contributed by atoms with Crippen molar-refractivity contribution >= 4 is 11.9 Å². The first-order chi connectivity index (χ1) is 10.5. The summed E-state index contributed by atoms with van der Waals surface area (Å²) in [5.41, 5.74) is 0.0723. The predicted octanol–water partition coefficient (Wildman–Crippen LogP) is 3.37. The second-order valence-corrected chi connectivity index (χ2v) is 8.52. The number of hydrogen-bond acceptors (Lipinski definition) is 3. The van der Waals surface area contributed by atoms with E-state index in [0.717, 1.165) is 25.7 Å². The van der Waals surface area contributed by atoms with E-state index in [4.69, 9.17) is 4.74 Å². The molecule has 1 saturated carbocycles. The minimum Gasteiger partial charge on any atom is -0.480 e. The van der Waals surface area contributed by atoms with Crippen molar-refractivity contribution in [3.05, 3.63) is 0 Å². The lowest BCUT2D eigenvalue weighted by Crippen LogP contribution is -2.42. The Morgan fingerprint density at radius 3 is 2.30 bits per heavy atom. The van der Waals surface area contributed by atoms with E-state index in [2.05, 4.69) is 19.2 Å². The highest BCUT2D eigenvalue weighted by Gasteiger charge is 2.29. The van der Waals surface area contributed by atoms with Crippen molar-refractivity contribution in [1.82, 2.24) is 5.32 Å². The van der Waals surface area contributed by atoms with Crippen LogP contribution in [-0.2, 0) is 14.3 Å². The molecule has 2 N–H and O–H groups in total. The summed E-state index contributed by atoms with van der Waals surface area (Å²) in [6.07, 6.45) is 5.08. The number of aliphatic carboxylic acids is 1. The van der Waals surface area contributed by atoms with E-state index >= 15 is 0 Å². The van der Waals surface area contributed by atoms with Crippen LogP contribution >= 0.6 is 0 Å². The molecular weight excluding hydrogens is 294 g/mol. The molecular formula is C18H33NO4. The molecule has 0 saturated heterocycles. The molecule has 1 aliphatic rings. The zero-order valence-electron chi connectivity index (χ0n) is 15.3. The summed E-state index contributed by atoms with van der Waals surface area (Å²) >= 11 is 0. The molecule has 0 spiro atoms. The number of nitrogens with one attached hydrogen (secondary N) is 1. The van der Waals surface area contributed by atoms with Crippen molar-refractivity contribution in [3.8, 4) is 0 Å². The molecule has 0 heterocycles. The Kier molecular flexibility index (Phi) is 7.05. The number of amides is 1. The highest BCUT2D eigenvalue weighted by molar-refractivity contribution is 5.83. The molecule has 0 radical (unpaired) electrons. The number of carboxylic acid groups (broad SMARTS) is 1. The van der Waals surface area contributed by atoms with Crippen molar-refractivity contribution in [2.45, 2.75) is 84.8 Å². The first-order valence-electron chi connectivity index (χ1n) is 8.65. The number of carbonyl (C=O) groups is 2. The predicted molar refractivity (Wildman–Crippen MR) is 90.2 cm³/mol. The molecule has 134 valence electrons. The van der Waals surface area contributed by atoms with Crippen LogP contribution in [0.5, 0.6) is 0 Å². The van der Waals surface area contributed by atoms with Gasteiger partial charge in [-0.05, 0) is 57.8 Å². The second kappa shape index (κ2) is 8.13. The molecule has 0 aromatic rings. The number of carbonyl (C=O) groups excluding carboxylic acids is 1. The summed E-state index contributed by atoms with van der Waals surface area (Å²) in [6, 6.07) is -0.870. The third kappa shape index (κ3) is 8.35.